The van der Waals surface area contributed by atoms with Crippen molar-refractivity contribution in [3.05, 3.63) is 52.8 Å². The summed E-state index contributed by atoms with van der Waals surface area (Å²) in [5, 5.41) is 8.52. The van der Waals surface area contributed by atoms with Gasteiger partial charge in [-0.15, -0.1) is 23.1 Å². The van der Waals surface area contributed by atoms with E-state index in [1.807, 2.05) is 0 Å². The Hall–Kier alpha value is -2.59. The zero-order valence-electron chi connectivity index (χ0n) is 14.0. The van der Waals surface area contributed by atoms with Gasteiger partial charge in [-0.2, -0.15) is 0 Å². The van der Waals surface area contributed by atoms with Crippen molar-refractivity contribution in [2.45, 2.75) is 23.1 Å². The van der Waals surface area contributed by atoms with Gasteiger partial charge >= 0.3 is 5.97 Å². The van der Waals surface area contributed by atoms with Gasteiger partial charge in [0.1, 0.15) is 10.8 Å². The van der Waals surface area contributed by atoms with Crippen molar-refractivity contribution in [2.24, 2.45) is 0 Å². The van der Waals surface area contributed by atoms with Crippen molar-refractivity contribution in [3.8, 4) is 0 Å². The zero-order valence-corrected chi connectivity index (χ0v) is 15.6. The highest BCUT2D eigenvalue weighted by atomic mass is 32.2. The maximum atomic E-state index is 14.0. The molecule has 1 atom stereocenters. The van der Waals surface area contributed by atoms with Gasteiger partial charge in [0.2, 0.25) is 5.91 Å². The van der Waals surface area contributed by atoms with Crippen LogP contribution in [0.25, 0.3) is 10.2 Å². The summed E-state index contributed by atoms with van der Waals surface area (Å²) < 4.78 is 41.2. The molecule has 1 N–H and O–H groups in total. The van der Waals surface area contributed by atoms with Crippen LogP contribution in [0.4, 0.5) is 18.9 Å². The van der Waals surface area contributed by atoms with Crippen molar-refractivity contribution in [2.75, 3.05) is 4.90 Å². The van der Waals surface area contributed by atoms with Crippen LogP contribution in [-0.2, 0) is 16.1 Å². The second-order valence-corrected chi connectivity index (χ2v) is 8.39. The van der Waals surface area contributed by atoms with E-state index in [9.17, 15) is 22.8 Å². The van der Waals surface area contributed by atoms with Crippen LogP contribution < -0.4 is 4.90 Å². The second kappa shape index (κ2) is 7.10. The molecule has 0 radical (unpaired) electrons. The molecular formula is C18H11F3N2O3S2. The summed E-state index contributed by atoms with van der Waals surface area (Å²) in [6.45, 7) is -0.105. The lowest BCUT2D eigenvalue weighted by Crippen LogP contribution is -2.41. The van der Waals surface area contributed by atoms with E-state index in [4.69, 9.17) is 5.11 Å². The van der Waals surface area contributed by atoms with E-state index in [2.05, 4.69) is 4.98 Å². The molecule has 3 aromatic rings. The smallest absolute Gasteiger partial charge is 0.305 e. The van der Waals surface area contributed by atoms with Crippen LogP contribution in [0.3, 0.4) is 0 Å². The van der Waals surface area contributed by atoms with E-state index in [-0.39, 0.29) is 16.8 Å². The predicted octanol–water partition coefficient (Wildman–Crippen LogP) is 4.20. The predicted molar refractivity (Wildman–Crippen MR) is 99.0 cm³/mol. The summed E-state index contributed by atoms with van der Waals surface area (Å²) in [4.78, 5) is 30.0. The number of thioether (sulfide) groups is 1. The van der Waals surface area contributed by atoms with E-state index >= 15 is 0 Å². The topological polar surface area (TPSA) is 70.5 Å². The highest BCUT2D eigenvalue weighted by Crippen LogP contribution is 2.42. The van der Waals surface area contributed by atoms with Crippen molar-refractivity contribution in [1.82, 2.24) is 4.98 Å². The molecule has 1 aliphatic heterocycles. The summed E-state index contributed by atoms with van der Waals surface area (Å²) in [5.74, 6) is -4.20. The maximum absolute atomic E-state index is 14.0. The number of benzene rings is 2. The number of rotatable bonds is 4. The molecule has 1 aliphatic rings. The van der Waals surface area contributed by atoms with Crippen molar-refractivity contribution in [3.63, 3.8) is 0 Å². The molecule has 0 bridgehead atoms. The first-order valence-electron chi connectivity index (χ1n) is 8.06. The van der Waals surface area contributed by atoms with Crippen LogP contribution in [0.5, 0.6) is 0 Å². The minimum Gasteiger partial charge on any atom is -0.481 e. The average molecular weight is 424 g/mol. The number of anilines is 1. The molecule has 4 rings (SSSR count). The normalized spacial score (nSPS) is 16.5. The van der Waals surface area contributed by atoms with E-state index in [1.54, 1.807) is 0 Å². The number of carboxylic acids is 1. The molecule has 5 nitrogen and oxygen atoms in total. The molecule has 0 aliphatic carbocycles. The molecule has 0 saturated heterocycles. The van der Waals surface area contributed by atoms with Gasteiger partial charge in [0.15, 0.2) is 11.6 Å². The summed E-state index contributed by atoms with van der Waals surface area (Å²) in [6, 6.07) is 6.20. The summed E-state index contributed by atoms with van der Waals surface area (Å²) >= 11 is 1.95. The van der Waals surface area contributed by atoms with Crippen molar-refractivity contribution >= 4 is 50.9 Å². The Morgan fingerprint density at radius 1 is 1.21 bits per heavy atom. The quantitative estimate of drug-likeness (QED) is 0.680. The first kappa shape index (κ1) is 18.8. The number of amides is 1. The molecular weight excluding hydrogens is 413 g/mol. The van der Waals surface area contributed by atoms with Crippen LogP contribution in [0, 0.1) is 17.5 Å². The fourth-order valence-corrected chi connectivity index (χ4v) is 5.11. The third-order valence-electron chi connectivity index (χ3n) is 4.17. The molecule has 0 fully saturated rings. The second-order valence-electron chi connectivity index (χ2n) is 6.06. The zero-order chi connectivity index (χ0) is 20.0. The van der Waals surface area contributed by atoms with Gasteiger partial charge in [-0.3, -0.25) is 9.59 Å². The third-order valence-corrected chi connectivity index (χ3v) is 6.47. The van der Waals surface area contributed by atoms with Crippen LogP contribution in [0.1, 0.15) is 11.4 Å². The Bertz CT molecular complexity index is 1120. The number of carbonyl (C=O) groups excluding carboxylic acids is 1. The number of hydrogen-bond acceptors (Lipinski definition) is 5. The number of carbonyl (C=O) groups is 2. The Morgan fingerprint density at radius 3 is 2.75 bits per heavy atom. The third kappa shape index (κ3) is 3.33. The van der Waals surface area contributed by atoms with Crippen LogP contribution in [0.15, 0.2) is 35.2 Å². The Kier molecular flexibility index (Phi) is 4.76. The fourth-order valence-electron chi connectivity index (χ4n) is 2.93. The standard InChI is InChI=1S/C18H11F3N2O3S2/c19-8-1-4-12-11(5-8)23(18(26)13(27-12)6-15(24)25)7-14-22-10-3-2-9(20)16(21)17(10)28-14/h1-5,13H,6-7H2,(H,24,25). The first-order chi connectivity index (χ1) is 13.3. The lowest BCUT2D eigenvalue weighted by atomic mass is 10.2. The molecule has 144 valence electrons. The maximum Gasteiger partial charge on any atom is 0.305 e. The van der Waals surface area contributed by atoms with Crippen molar-refractivity contribution in [1.29, 1.82) is 0 Å². The molecule has 1 amide bonds. The molecule has 0 saturated carbocycles. The van der Waals surface area contributed by atoms with Gasteiger partial charge in [-0.25, -0.2) is 18.2 Å². The minimum atomic E-state index is -1.13. The highest BCUT2D eigenvalue weighted by Gasteiger charge is 2.35. The summed E-state index contributed by atoms with van der Waals surface area (Å²) in [5.41, 5.74) is 0.543. The molecule has 1 aromatic heterocycles. The number of fused-ring (bicyclic) bond motifs is 2. The number of carboxylic acid groups (broad SMARTS) is 1. The minimum absolute atomic E-state index is 0.0235. The number of hydrogen-bond donors (Lipinski definition) is 1. The Balaban J connectivity index is 1.74. The van der Waals surface area contributed by atoms with Crippen LogP contribution in [-0.4, -0.2) is 27.2 Å². The van der Waals surface area contributed by atoms with Gasteiger partial charge in [-0.1, -0.05) is 0 Å². The fraction of sp³-hybridized carbons (Fsp3) is 0.167. The Morgan fingerprint density at radius 2 is 2.00 bits per heavy atom. The number of nitrogens with zero attached hydrogens (tertiary/aromatic N) is 2. The monoisotopic (exact) mass is 424 g/mol. The lowest BCUT2D eigenvalue weighted by molar-refractivity contribution is -0.138. The first-order valence-corrected chi connectivity index (χ1v) is 9.76. The highest BCUT2D eigenvalue weighted by molar-refractivity contribution is 8.01. The van der Waals surface area contributed by atoms with Gasteiger partial charge in [-0.05, 0) is 30.3 Å². The van der Waals surface area contributed by atoms with Gasteiger partial charge < -0.3 is 10.0 Å². The number of thiazole rings is 1. The number of aliphatic carboxylic acids is 1. The lowest BCUT2D eigenvalue weighted by Gasteiger charge is -2.32. The largest absolute Gasteiger partial charge is 0.481 e. The molecule has 1 unspecified atom stereocenters. The van der Waals surface area contributed by atoms with E-state index < -0.39 is 41.0 Å². The SMILES string of the molecule is O=C(O)CC1Sc2ccc(F)cc2N(Cc2nc3ccc(F)c(F)c3s2)C1=O. The number of halogens is 3. The van der Waals surface area contributed by atoms with E-state index in [0.717, 1.165) is 29.2 Å². The summed E-state index contributed by atoms with van der Waals surface area (Å²) in [7, 11) is 0. The van der Waals surface area contributed by atoms with Crippen LogP contribution >= 0.6 is 23.1 Å². The molecule has 2 heterocycles. The van der Waals surface area contributed by atoms with Crippen LogP contribution in [0.2, 0.25) is 0 Å². The van der Waals surface area contributed by atoms with Gasteiger partial charge in [0.05, 0.1) is 34.1 Å². The molecule has 28 heavy (non-hydrogen) atoms. The van der Waals surface area contributed by atoms with Crippen molar-refractivity contribution < 1.29 is 27.9 Å². The van der Waals surface area contributed by atoms with Gasteiger partial charge in [0.25, 0.3) is 0 Å². The molecule has 2 aromatic carbocycles. The molecule has 10 heteroatoms. The average Bonchev–Trinajstić information content (AvgIpc) is 3.05. The summed E-state index contributed by atoms with van der Waals surface area (Å²) in [6.07, 6.45) is -0.392. The number of aromatic nitrogens is 1. The van der Waals surface area contributed by atoms with E-state index in [1.165, 1.54) is 29.2 Å². The molecule has 0 spiro atoms. The van der Waals surface area contributed by atoms with Gasteiger partial charge in [0, 0.05) is 4.90 Å². The van der Waals surface area contributed by atoms with E-state index in [0.29, 0.717) is 15.6 Å². The Labute approximate surface area is 164 Å².